The molecule has 1 heterocycles. The van der Waals surface area contributed by atoms with E-state index in [9.17, 15) is 9.59 Å². The van der Waals surface area contributed by atoms with E-state index in [1.807, 2.05) is 25.2 Å². The van der Waals surface area contributed by atoms with Gasteiger partial charge in [-0.25, -0.2) is 4.79 Å². The van der Waals surface area contributed by atoms with Crippen LogP contribution in [-0.2, 0) is 9.53 Å². The Hall–Kier alpha value is -3.21. The zero-order valence-electron chi connectivity index (χ0n) is 21.9. The monoisotopic (exact) mass is 476 g/mol. The minimum absolute atomic E-state index is 0.148. The van der Waals surface area contributed by atoms with Crippen molar-refractivity contribution in [1.82, 2.24) is 10.3 Å². The Balaban J connectivity index is 1.69. The third kappa shape index (κ3) is 10.3. The minimum atomic E-state index is -0.353. The number of allylic oxidation sites excluding steroid dienone is 9. The second-order valence-electron chi connectivity index (χ2n) is 9.80. The number of aromatic nitrogens is 1. The number of carbonyl (C=O) groups excluding carboxylic acids is 2. The van der Waals surface area contributed by atoms with E-state index in [-0.39, 0.29) is 17.3 Å². The first kappa shape index (κ1) is 28.0. The van der Waals surface area contributed by atoms with E-state index in [4.69, 9.17) is 4.74 Å². The Morgan fingerprint density at radius 3 is 2.69 bits per heavy atom. The molecule has 0 atom stereocenters. The predicted molar refractivity (Wildman–Crippen MR) is 143 cm³/mol. The lowest BCUT2D eigenvalue weighted by Crippen LogP contribution is -2.24. The number of pyridine rings is 1. The van der Waals surface area contributed by atoms with E-state index in [1.165, 1.54) is 42.7 Å². The Morgan fingerprint density at radius 2 is 1.97 bits per heavy atom. The number of rotatable bonds is 11. The molecular weight excluding hydrogens is 436 g/mol. The van der Waals surface area contributed by atoms with E-state index < -0.39 is 0 Å². The van der Waals surface area contributed by atoms with Crippen molar-refractivity contribution in [2.75, 3.05) is 13.2 Å². The normalized spacial score (nSPS) is 16.7. The minimum Gasteiger partial charge on any atom is -0.463 e. The number of hydrogen-bond donors (Lipinski definition) is 1. The summed E-state index contributed by atoms with van der Waals surface area (Å²) >= 11 is 0. The molecule has 188 valence electrons. The molecule has 0 aliphatic heterocycles. The van der Waals surface area contributed by atoms with Gasteiger partial charge >= 0.3 is 5.97 Å². The maximum atomic E-state index is 12.0. The quantitative estimate of drug-likeness (QED) is 0.168. The summed E-state index contributed by atoms with van der Waals surface area (Å²) in [6.07, 6.45) is 20.1. The molecule has 1 aromatic heterocycles. The molecule has 1 N–H and O–H groups in total. The molecule has 5 heteroatoms. The first-order valence-corrected chi connectivity index (χ1v) is 12.5. The molecule has 0 fully saturated rings. The van der Waals surface area contributed by atoms with Crippen LogP contribution in [0.1, 0.15) is 77.1 Å². The fourth-order valence-electron chi connectivity index (χ4n) is 4.11. The molecule has 1 aliphatic carbocycles. The van der Waals surface area contributed by atoms with Crippen LogP contribution in [0.25, 0.3) is 0 Å². The highest BCUT2D eigenvalue weighted by molar-refractivity contribution is 5.93. The molecule has 0 unspecified atom stereocenters. The molecule has 0 spiro atoms. The van der Waals surface area contributed by atoms with Crippen LogP contribution in [0.2, 0.25) is 0 Å². The van der Waals surface area contributed by atoms with Gasteiger partial charge in [-0.2, -0.15) is 0 Å². The third-order valence-corrected chi connectivity index (χ3v) is 6.14. The SMILES string of the molecule is CC1=C(/C=C/C(C)=C/C=C/C(C)=C/C(=O)OCCCCNC(=O)c2cccnc2)C(C)(C)CCC1. The number of ether oxygens (including phenoxy) is 1. The fraction of sp³-hybridized carbons (Fsp3) is 0.433. The van der Waals surface area contributed by atoms with Crippen molar-refractivity contribution in [1.29, 1.82) is 0 Å². The molecule has 0 radical (unpaired) electrons. The van der Waals surface area contributed by atoms with Crippen molar-refractivity contribution in [2.45, 2.75) is 66.7 Å². The van der Waals surface area contributed by atoms with Crippen LogP contribution in [0.3, 0.4) is 0 Å². The van der Waals surface area contributed by atoms with Crippen molar-refractivity contribution < 1.29 is 14.3 Å². The van der Waals surface area contributed by atoms with Crippen LogP contribution < -0.4 is 5.32 Å². The number of hydrogen-bond acceptors (Lipinski definition) is 4. The number of unbranched alkanes of at least 4 members (excludes halogenated alkanes) is 1. The van der Waals surface area contributed by atoms with Crippen molar-refractivity contribution in [2.24, 2.45) is 5.41 Å². The largest absolute Gasteiger partial charge is 0.463 e. The molecule has 0 saturated carbocycles. The van der Waals surface area contributed by atoms with E-state index >= 15 is 0 Å². The van der Waals surface area contributed by atoms with Gasteiger partial charge in [0.1, 0.15) is 0 Å². The van der Waals surface area contributed by atoms with Crippen LogP contribution in [0, 0.1) is 5.41 Å². The molecule has 1 aromatic rings. The van der Waals surface area contributed by atoms with Crippen molar-refractivity contribution >= 4 is 11.9 Å². The fourth-order valence-corrected chi connectivity index (χ4v) is 4.11. The summed E-state index contributed by atoms with van der Waals surface area (Å²) in [5.74, 6) is -0.501. The van der Waals surface area contributed by atoms with E-state index in [0.717, 1.165) is 17.6 Å². The zero-order valence-corrected chi connectivity index (χ0v) is 21.9. The highest BCUT2D eigenvalue weighted by Gasteiger charge is 2.26. The van der Waals surface area contributed by atoms with Crippen LogP contribution in [-0.4, -0.2) is 30.0 Å². The number of carbonyl (C=O) groups is 2. The van der Waals surface area contributed by atoms with Crippen LogP contribution in [0.4, 0.5) is 0 Å². The van der Waals surface area contributed by atoms with Gasteiger partial charge in [-0.1, -0.05) is 55.4 Å². The van der Waals surface area contributed by atoms with Crippen LogP contribution >= 0.6 is 0 Å². The topological polar surface area (TPSA) is 68.3 Å². The molecule has 5 nitrogen and oxygen atoms in total. The highest BCUT2D eigenvalue weighted by atomic mass is 16.5. The average molecular weight is 477 g/mol. The lowest BCUT2D eigenvalue weighted by Gasteiger charge is -2.32. The van der Waals surface area contributed by atoms with Gasteiger partial charge in [0.25, 0.3) is 5.91 Å². The summed E-state index contributed by atoms with van der Waals surface area (Å²) in [6, 6.07) is 3.45. The van der Waals surface area contributed by atoms with Gasteiger partial charge in [0.2, 0.25) is 0 Å². The maximum absolute atomic E-state index is 12.0. The number of amides is 1. The molecule has 0 bridgehead atoms. The first-order valence-electron chi connectivity index (χ1n) is 12.5. The summed E-state index contributed by atoms with van der Waals surface area (Å²) in [6.45, 7) is 11.7. The van der Waals surface area contributed by atoms with E-state index in [1.54, 1.807) is 18.3 Å². The lowest BCUT2D eigenvalue weighted by molar-refractivity contribution is -0.137. The summed E-state index contributed by atoms with van der Waals surface area (Å²) in [5, 5.41) is 2.83. The smallest absolute Gasteiger partial charge is 0.331 e. The Bertz CT molecular complexity index is 1010. The Morgan fingerprint density at radius 1 is 1.17 bits per heavy atom. The lowest BCUT2D eigenvalue weighted by atomic mass is 9.72. The summed E-state index contributed by atoms with van der Waals surface area (Å²) in [4.78, 5) is 27.9. The van der Waals surface area contributed by atoms with Gasteiger partial charge in [-0.15, -0.1) is 0 Å². The zero-order chi connectivity index (χ0) is 25.7. The summed E-state index contributed by atoms with van der Waals surface area (Å²) < 4.78 is 5.26. The summed E-state index contributed by atoms with van der Waals surface area (Å²) in [5.41, 5.74) is 5.72. The summed E-state index contributed by atoms with van der Waals surface area (Å²) in [7, 11) is 0. The third-order valence-electron chi connectivity index (χ3n) is 6.14. The van der Waals surface area contributed by atoms with E-state index in [0.29, 0.717) is 25.1 Å². The first-order chi connectivity index (χ1) is 16.7. The number of nitrogens with zero attached hydrogens (tertiary/aromatic N) is 1. The second kappa shape index (κ2) is 14.2. The average Bonchev–Trinajstić information content (AvgIpc) is 2.81. The van der Waals surface area contributed by atoms with Gasteiger partial charge in [0, 0.05) is 25.0 Å². The molecule has 35 heavy (non-hydrogen) atoms. The van der Waals surface area contributed by atoms with E-state index in [2.05, 4.69) is 50.1 Å². The van der Waals surface area contributed by atoms with Crippen molar-refractivity contribution in [3.05, 3.63) is 88.8 Å². The molecule has 1 amide bonds. The highest BCUT2D eigenvalue weighted by Crippen LogP contribution is 2.40. The maximum Gasteiger partial charge on any atom is 0.331 e. The Labute approximate surface area is 210 Å². The predicted octanol–water partition coefficient (Wildman–Crippen LogP) is 6.67. The van der Waals surface area contributed by atoms with Crippen LogP contribution in [0.5, 0.6) is 0 Å². The van der Waals surface area contributed by atoms with Gasteiger partial charge in [-0.05, 0) is 81.6 Å². The van der Waals surface area contributed by atoms with Gasteiger partial charge in [-0.3, -0.25) is 9.78 Å². The molecule has 2 rings (SSSR count). The molecule has 0 saturated heterocycles. The van der Waals surface area contributed by atoms with Gasteiger partial charge < -0.3 is 10.1 Å². The number of esters is 1. The standard InChI is InChI=1S/C30H40N2O3/c1-23(15-16-27-25(3)13-9-17-30(27,4)5)11-8-12-24(2)21-28(33)35-20-7-6-19-32-29(34)26-14-10-18-31-22-26/h8,10-12,14-16,18,21-22H,6-7,9,13,17,19-20H2,1-5H3,(H,32,34)/b12-8+,16-15+,23-11+,24-21+. The molecular formula is C30H40N2O3. The number of nitrogens with one attached hydrogen (secondary N) is 1. The Kier molecular flexibility index (Phi) is 11.4. The van der Waals surface area contributed by atoms with Crippen molar-refractivity contribution in [3.63, 3.8) is 0 Å². The van der Waals surface area contributed by atoms with Crippen LogP contribution in [0.15, 0.2) is 83.3 Å². The molecule has 1 aliphatic rings. The van der Waals surface area contributed by atoms with Gasteiger partial charge in [0.15, 0.2) is 0 Å². The van der Waals surface area contributed by atoms with Gasteiger partial charge in [0.05, 0.1) is 12.2 Å². The second-order valence-corrected chi connectivity index (χ2v) is 9.80. The molecule has 0 aromatic carbocycles. The van der Waals surface area contributed by atoms with Crippen molar-refractivity contribution in [3.8, 4) is 0 Å².